The maximum Gasteiger partial charge on any atom is 0.229 e. The van der Waals surface area contributed by atoms with Crippen molar-refractivity contribution in [3.63, 3.8) is 0 Å². The van der Waals surface area contributed by atoms with Gasteiger partial charge in [0.25, 0.3) is 0 Å². The van der Waals surface area contributed by atoms with Crippen LogP contribution in [0, 0.1) is 5.92 Å². The van der Waals surface area contributed by atoms with Crippen LogP contribution in [0.1, 0.15) is 63.1 Å². The summed E-state index contributed by atoms with van der Waals surface area (Å²) in [5.74, 6) is 1.91. The third-order valence-electron chi connectivity index (χ3n) is 3.45. The van der Waals surface area contributed by atoms with Gasteiger partial charge < -0.3 is 10.3 Å². The zero-order valence-corrected chi connectivity index (χ0v) is 10.3. The largest absolute Gasteiger partial charge is 0.369 e. The van der Waals surface area contributed by atoms with Gasteiger partial charge in [0.1, 0.15) is 0 Å². The first-order chi connectivity index (χ1) is 8.08. The fourth-order valence-corrected chi connectivity index (χ4v) is 2.28. The van der Waals surface area contributed by atoms with Crippen LogP contribution in [0.2, 0.25) is 0 Å². The van der Waals surface area contributed by atoms with E-state index < -0.39 is 0 Å². The van der Waals surface area contributed by atoms with Crippen molar-refractivity contribution in [2.24, 2.45) is 11.7 Å². The highest BCUT2D eigenvalue weighted by molar-refractivity contribution is 5.76. The first-order valence-electron chi connectivity index (χ1n) is 6.20. The lowest BCUT2D eigenvalue weighted by atomic mass is 9.81. The van der Waals surface area contributed by atoms with Crippen LogP contribution >= 0.6 is 0 Å². The van der Waals surface area contributed by atoms with Crippen molar-refractivity contribution in [1.29, 1.82) is 0 Å². The molecule has 1 heterocycles. The Hall–Kier alpha value is -1.39. The van der Waals surface area contributed by atoms with Crippen LogP contribution in [0.15, 0.2) is 4.52 Å². The third-order valence-corrected chi connectivity index (χ3v) is 3.45. The molecule has 1 fully saturated rings. The number of carbonyl (C=O) groups excluding carboxylic acids is 1. The standard InChI is InChI=1S/C12H19N3O2/c1-7(2)12-14-11(15-17-12)9-5-3-8(4-6-9)10(13)16/h7-9H,3-6H2,1-2H3,(H2,13,16). The van der Waals surface area contributed by atoms with Gasteiger partial charge in [-0.25, -0.2) is 0 Å². The van der Waals surface area contributed by atoms with E-state index in [4.69, 9.17) is 10.3 Å². The molecule has 1 aromatic rings. The third kappa shape index (κ3) is 2.65. The Morgan fingerprint density at radius 2 is 2.00 bits per heavy atom. The average molecular weight is 237 g/mol. The van der Waals surface area contributed by atoms with Crippen LogP contribution in [0.5, 0.6) is 0 Å². The summed E-state index contributed by atoms with van der Waals surface area (Å²) in [6, 6.07) is 0. The molecule has 2 rings (SSSR count). The summed E-state index contributed by atoms with van der Waals surface area (Å²) in [6.45, 7) is 4.06. The Kier molecular flexibility index (Phi) is 3.45. The minimum absolute atomic E-state index is 0.0303. The maximum atomic E-state index is 11.1. The lowest BCUT2D eigenvalue weighted by Crippen LogP contribution is -2.27. The summed E-state index contributed by atoms with van der Waals surface area (Å²) in [7, 11) is 0. The fourth-order valence-electron chi connectivity index (χ4n) is 2.28. The van der Waals surface area contributed by atoms with Crippen molar-refractivity contribution >= 4 is 5.91 Å². The van der Waals surface area contributed by atoms with Crippen LogP contribution in [0.25, 0.3) is 0 Å². The van der Waals surface area contributed by atoms with Gasteiger partial charge >= 0.3 is 0 Å². The first kappa shape index (κ1) is 12.1. The number of primary amides is 1. The Morgan fingerprint density at radius 3 is 2.47 bits per heavy atom. The van der Waals surface area contributed by atoms with E-state index in [1.165, 1.54) is 0 Å². The van der Waals surface area contributed by atoms with E-state index >= 15 is 0 Å². The Labute approximate surface area is 101 Å². The minimum atomic E-state index is -0.181. The second kappa shape index (κ2) is 4.85. The van der Waals surface area contributed by atoms with E-state index in [1.807, 2.05) is 13.8 Å². The molecule has 17 heavy (non-hydrogen) atoms. The van der Waals surface area contributed by atoms with Gasteiger partial charge in [0.15, 0.2) is 5.82 Å². The molecule has 5 heteroatoms. The molecule has 0 saturated heterocycles. The van der Waals surface area contributed by atoms with E-state index in [2.05, 4.69) is 10.1 Å². The number of nitrogens with zero attached hydrogens (tertiary/aromatic N) is 2. The van der Waals surface area contributed by atoms with Crippen LogP contribution in [0.3, 0.4) is 0 Å². The normalized spacial score (nSPS) is 25.1. The zero-order valence-electron chi connectivity index (χ0n) is 10.3. The second-order valence-electron chi connectivity index (χ2n) is 5.10. The number of amides is 1. The molecule has 0 atom stereocenters. The molecule has 1 aliphatic carbocycles. The predicted octanol–water partition coefficient (Wildman–Crippen LogP) is 1.95. The lowest BCUT2D eigenvalue weighted by Gasteiger charge is -2.24. The Balaban J connectivity index is 1.98. The molecule has 0 aromatic carbocycles. The predicted molar refractivity (Wildman–Crippen MR) is 62.3 cm³/mol. The van der Waals surface area contributed by atoms with E-state index in [-0.39, 0.29) is 17.7 Å². The topological polar surface area (TPSA) is 82.0 Å². The molecule has 1 aliphatic rings. The van der Waals surface area contributed by atoms with Crippen LogP contribution in [0.4, 0.5) is 0 Å². The fraction of sp³-hybridized carbons (Fsp3) is 0.750. The molecule has 1 amide bonds. The molecule has 0 unspecified atom stereocenters. The first-order valence-corrected chi connectivity index (χ1v) is 6.20. The molecule has 5 nitrogen and oxygen atoms in total. The van der Waals surface area contributed by atoms with Crippen molar-refractivity contribution in [2.75, 3.05) is 0 Å². The molecular weight excluding hydrogens is 218 g/mol. The summed E-state index contributed by atoms with van der Waals surface area (Å²) in [5.41, 5.74) is 5.31. The van der Waals surface area contributed by atoms with E-state index in [9.17, 15) is 4.79 Å². The molecule has 1 aromatic heterocycles. The number of rotatable bonds is 3. The summed E-state index contributed by atoms with van der Waals surface area (Å²) in [4.78, 5) is 15.5. The molecule has 0 spiro atoms. The summed E-state index contributed by atoms with van der Waals surface area (Å²) in [6.07, 6.45) is 3.52. The van der Waals surface area contributed by atoms with Gasteiger partial charge in [-0.2, -0.15) is 4.98 Å². The SMILES string of the molecule is CC(C)c1nc(C2CCC(C(N)=O)CC2)no1. The van der Waals surface area contributed by atoms with Gasteiger partial charge in [0.05, 0.1) is 0 Å². The van der Waals surface area contributed by atoms with E-state index in [0.29, 0.717) is 11.8 Å². The molecule has 0 aliphatic heterocycles. The smallest absolute Gasteiger partial charge is 0.229 e. The summed E-state index contributed by atoms with van der Waals surface area (Å²) >= 11 is 0. The van der Waals surface area contributed by atoms with Crippen molar-refractivity contribution in [1.82, 2.24) is 10.1 Å². The Morgan fingerprint density at radius 1 is 1.35 bits per heavy atom. The van der Waals surface area contributed by atoms with Crippen LogP contribution in [-0.2, 0) is 4.79 Å². The highest BCUT2D eigenvalue weighted by Crippen LogP contribution is 2.34. The van der Waals surface area contributed by atoms with Gasteiger partial charge in [-0.1, -0.05) is 19.0 Å². The van der Waals surface area contributed by atoms with Gasteiger partial charge in [-0.3, -0.25) is 4.79 Å². The van der Waals surface area contributed by atoms with Gasteiger partial charge in [-0.15, -0.1) is 0 Å². The number of aromatic nitrogens is 2. The average Bonchev–Trinajstić information content (AvgIpc) is 2.78. The van der Waals surface area contributed by atoms with Gasteiger partial charge in [0, 0.05) is 17.8 Å². The highest BCUT2D eigenvalue weighted by atomic mass is 16.5. The van der Waals surface area contributed by atoms with Crippen molar-refractivity contribution in [3.05, 3.63) is 11.7 Å². The van der Waals surface area contributed by atoms with Crippen LogP contribution in [-0.4, -0.2) is 16.0 Å². The zero-order chi connectivity index (χ0) is 12.4. The Bertz CT molecular complexity index is 392. The quantitative estimate of drug-likeness (QED) is 0.871. The second-order valence-corrected chi connectivity index (χ2v) is 5.10. The van der Waals surface area contributed by atoms with Crippen LogP contribution < -0.4 is 5.73 Å². The number of hydrogen-bond donors (Lipinski definition) is 1. The number of nitrogens with two attached hydrogens (primary N) is 1. The molecule has 94 valence electrons. The molecular formula is C12H19N3O2. The van der Waals surface area contributed by atoms with Crippen molar-refractivity contribution in [3.8, 4) is 0 Å². The summed E-state index contributed by atoms with van der Waals surface area (Å²) < 4.78 is 5.20. The molecule has 2 N–H and O–H groups in total. The highest BCUT2D eigenvalue weighted by Gasteiger charge is 2.28. The molecule has 0 bridgehead atoms. The molecule has 0 radical (unpaired) electrons. The maximum absolute atomic E-state index is 11.1. The number of hydrogen-bond acceptors (Lipinski definition) is 4. The lowest BCUT2D eigenvalue weighted by molar-refractivity contribution is -0.122. The van der Waals surface area contributed by atoms with Crippen molar-refractivity contribution < 1.29 is 9.32 Å². The van der Waals surface area contributed by atoms with Gasteiger partial charge in [-0.05, 0) is 25.7 Å². The van der Waals surface area contributed by atoms with Gasteiger partial charge in [0.2, 0.25) is 11.8 Å². The van der Waals surface area contributed by atoms with E-state index in [1.54, 1.807) is 0 Å². The number of carbonyl (C=O) groups is 1. The summed E-state index contributed by atoms with van der Waals surface area (Å²) in [5, 5.41) is 4.03. The van der Waals surface area contributed by atoms with E-state index in [0.717, 1.165) is 31.5 Å². The molecule has 1 saturated carbocycles. The van der Waals surface area contributed by atoms with Crippen molar-refractivity contribution in [2.45, 2.75) is 51.4 Å². The monoisotopic (exact) mass is 237 g/mol. The minimum Gasteiger partial charge on any atom is -0.369 e.